The van der Waals surface area contributed by atoms with Gasteiger partial charge in [-0.15, -0.1) is 11.3 Å². The molecular formula is C16H11F3N4O2S. The van der Waals surface area contributed by atoms with E-state index in [9.17, 15) is 22.8 Å². The maximum absolute atomic E-state index is 12.6. The molecule has 3 aromatic rings. The van der Waals surface area contributed by atoms with Crippen LogP contribution in [0.25, 0.3) is 5.69 Å². The lowest BCUT2D eigenvalue weighted by molar-refractivity contribution is -0.140. The molecule has 26 heavy (non-hydrogen) atoms. The highest BCUT2D eigenvalue weighted by Gasteiger charge is 2.34. The molecule has 0 aliphatic heterocycles. The summed E-state index contributed by atoms with van der Waals surface area (Å²) >= 11 is 0.609. The van der Waals surface area contributed by atoms with Crippen molar-refractivity contribution in [1.29, 1.82) is 0 Å². The Morgan fingerprint density at radius 1 is 1.23 bits per heavy atom. The molecule has 0 saturated heterocycles. The zero-order valence-corrected chi connectivity index (χ0v) is 14.1. The lowest BCUT2D eigenvalue weighted by Gasteiger charge is -2.10. The van der Waals surface area contributed by atoms with Crippen LogP contribution >= 0.6 is 11.3 Å². The molecule has 0 aliphatic carbocycles. The summed E-state index contributed by atoms with van der Waals surface area (Å²) in [6.45, 7) is 1.65. The molecule has 2 heterocycles. The third-order valence-corrected chi connectivity index (χ3v) is 4.10. The molecule has 0 radical (unpaired) electrons. The number of alkyl halides is 3. The van der Waals surface area contributed by atoms with Crippen LogP contribution in [0.1, 0.15) is 21.9 Å². The van der Waals surface area contributed by atoms with E-state index in [0.29, 0.717) is 22.7 Å². The van der Waals surface area contributed by atoms with Crippen molar-refractivity contribution in [2.75, 3.05) is 5.32 Å². The standard InChI is InChI=1S/C16H11F3N4O2S/c1-9-7-11(24)13(22-23(9)10-5-3-2-4-6-10)14(25)21-15-20-12(8-26-15)16(17,18)19/h2-8H,1H3,(H,20,21,25). The van der Waals surface area contributed by atoms with Crippen LogP contribution in [-0.2, 0) is 6.18 Å². The van der Waals surface area contributed by atoms with E-state index in [1.165, 1.54) is 10.7 Å². The molecule has 2 aromatic heterocycles. The highest BCUT2D eigenvalue weighted by Crippen LogP contribution is 2.31. The van der Waals surface area contributed by atoms with Crippen molar-refractivity contribution < 1.29 is 18.0 Å². The number of hydrogen-bond acceptors (Lipinski definition) is 5. The van der Waals surface area contributed by atoms with Crippen LogP contribution in [-0.4, -0.2) is 20.7 Å². The quantitative estimate of drug-likeness (QED) is 0.757. The third-order valence-electron chi connectivity index (χ3n) is 3.34. The van der Waals surface area contributed by atoms with Gasteiger partial charge < -0.3 is 0 Å². The van der Waals surface area contributed by atoms with E-state index >= 15 is 0 Å². The van der Waals surface area contributed by atoms with Crippen molar-refractivity contribution in [1.82, 2.24) is 14.8 Å². The molecule has 1 N–H and O–H groups in total. The molecular weight excluding hydrogens is 369 g/mol. The summed E-state index contributed by atoms with van der Waals surface area (Å²) < 4.78 is 39.1. The van der Waals surface area contributed by atoms with E-state index < -0.39 is 28.9 Å². The van der Waals surface area contributed by atoms with E-state index in [1.54, 1.807) is 37.3 Å². The van der Waals surface area contributed by atoms with Crippen LogP contribution in [0.3, 0.4) is 0 Å². The Hall–Kier alpha value is -3.01. The number of anilines is 1. The van der Waals surface area contributed by atoms with Gasteiger partial charge >= 0.3 is 6.18 Å². The SMILES string of the molecule is Cc1cc(=O)c(C(=O)Nc2nc(C(F)(F)F)cs2)nn1-c1ccccc1. The smallest absolute Gasteiger partial charge is 0.296 e. The minimum Gasteiger partial charge on any atom is -0.296 e. The molecule has 134 valence electrons. The van der Waals surface area contributed by atoms with Crippen LogP contribution < -0.4 is 10.7 Å². The second-order valence-corrected chi connectivity index (χ2v) is 6.09. The predicted octanol–water partition coefficient (Wildman–Crippen LogP) is 3.27. The van der Waals surface area contributed by atoms with Crippen LogP contribution in [0.4, 0.5) is 18.3 Å². The molecule has 0 saturated carbocycles. The normalized spacial score (nSPS) is 11.4. The summed E-state index contributed by atoms with van der Waals surface area (Å²) in [5.41, 5.74) is -1.06. The van der Waals surface area contributed by atoms with Gasteiger partial charge in [0.1, 0.15) is 0 Å². The first kappa shape index (κ1) is 17.8. The fourth-order valence-electron chi connectivity index (χ4n) is 2.15. The summed E-state index contributed by atoms with van der Waals surface area (Å²) in [7, 11) is 0. The number of halogens is 3. The van der Waals surface area contributed by atoms with Gasteiger partial charge in [-0.1, -0.05) is 18.2 Å². The lowest BCUT2D eigenvalue weighted by atomic mass is 10.2. The first-order chi connectivity index (χ1) is 12.3. The van der Waals surface area contributed by atoms with E-state index in [0.717, 1.165) is 5.38 Å². The second kappa shape index (κ2) is 6.71. The van der Waals surface area contributed by atoms with Gasteiger partial charge in [0, 0.05) is 17.1 Å². The van der Waals surface area contributed by atoms with Gasteiger partial charge in [0.05, 0.1) is 5.69 Å². The molecule has 0 bridgehead atoms. The first-order valence-corrected chi connectivity index (χ1v) is 8.14. The van der Waals surface area contributed by atoms with Gasteiger partial charge in [-0.05, 0) is 19.1 Å². The molecule has 1 amide bonds. The summed E-state index contributed by atoms with van der Waals surface area (Å²) in [5.74, 6) is -0.928. The van der Waals surface area contributed by atoms with Crippen LogP contribution in [0.15, 0.2) is 46.6 Å². The van der Waals surface area contributed by atoms with Crippen molar-refractivity contribution in [3.63, 3.8) is 0 Å². The minimum atomic E-state index is -4.61. The Morgan fingerprint density at radius 3 is 2.54 bits per heavy atom. The molecule has 6 nitrogen and oxygen atoms in total. The average molecular weight is 380 g/mol. The monoisotopic (exact) mass is 380 g/mol. The zero-order valence-electron chi connectivity index (χ0n) is 13.2. The number of aryl methyl sites for hydroxylation is 1. The van der Waals surface area contributed by atoms with Gasteiger partial charge in [0.15, 0.2) is 16.5 Å². The number of hydrogen-bond donors (Lipinski definition) is 1. The Bertz CT molecular complexity index is 1010. The number of benzene rings is 1. The van der Waals surface area contributed by atoms with E-state index in [4.69, 9.17) is 0 Å². The number of nitrogens with one attached hydrogen (secondary N) is 1. The van der Waals surface area contributed by atoms with E-state index in [-0.39, 0.29) is 5.13 Å². The van der Waals surface area contributed by atoms with Crippen LogP contribution in [0, 0.1) is 6.92 Å². The molecule has 0 atom stereocenters. The topological polar surface area (TPSA) is 76.9 Å². The second-order valence-electron chi connectivity index (χ2n) is 5.24. The van der Waals surface area contributed by atoms with Crippen LogP contribution in [0.2, 0.25) is 0 Å². The van der Waals surface area contributed by atoms with Crippen molar-refractivity contribution in [3.05, 3.63) is 69.1 Å². The van der Waals surface area contributed by atoms with Crippen molar-refractivity contribution in [2.45, 2.75) is 13.1 Å². The average Bonchev–Trinajstić information content (AvgIpc) is 3.04. The predicted molar refractivity (Wildman–Crippen MR) is 89.6 cm³/mol. The minimum absolute atomic E-state index is 0.268. The molecule has 0 fully saturated rings. The zero-order chi connectivity index (χ0) is 18.9. The van der Waals surface area contributed by atoms with Gasteiger partial charge in [-0.25, -0.2) is 9.67 Å². The molecule has 0 unspecified atom stereocenters. The van der Waals surface area contributed by atoms with Crippen LogP contribution in [0.5, 0.6) is 0 Å². The molecule has 1 aromatic carbocycles. The first-order valence-electron chi connectivity index (χ1n) is 7.26. The number of aromatic nitrogens is 3. The highest BCUT2D eigenvalue weighted by atomic mass is 32.1. The Labute approximate surface area is 148 Å². The molecule has 10 heteroatoms. The number of rotatable bonds is 3. The number of carbonyl (C=O) groups is 1. The molecule has 0 aliphatic rings. The summed E-state index contributed by atoms with van der Waals surface area (Å²) in [5, 5.41) is 6.73. The third kappa shape index (κ3) is 3.64. The van der Waals surface area contributed by atoms with Gasteiger partial charge in [0.25, 0.3) is 5.91 Å². The Morgan fingerprint density at radius 2 is 1.92 bits per heavy atom. The van der Waals surface area contributed by atoms with Gasteiger partial charge in [0.2, 0.25) is 5.43 Å². The van der Waals surface area contributed by atoms with E-state index in [2.05, 4.69) is 15.4 Å². The van der Waals surface area contributed by atoms with Crippen molar-refractivity contribution in [2.24, 2.45) is 0 Å². The summed E-state index contributed by atoms with van der Waals surface area (Å²) in [6, 6.07) is 10.0. The maximum Gasteiger partial charge on any atom is 0.434 e. The molecule has 3 rings (SSSR count). The number of thiazole rings is 1. The van der Waals surface area contributed by atoms with E-state index in [1.807, 2.05) is 0 Å². The van der Waals surface area contributed by atoms with Gasteiger partial charge in [-0.2, -0.15) is 18.3 Å². The number of carbonyl (C=O) groups excluding carboxylic acids is 1. The highest BCUT2D eigenvalue weighted by molar-refractivity contribution is 7.14. The summed E-state index contributed by atoms with van der Waals surface area (Å²) in [4.78, 5) is 27.7. The Kier molecular flexibility index (Phi) is 4.60. The maximum atomic E-state index is 12.6. The molecule has 0 spiro atoms. The Balaban J connectivity index is 1.92. The number of amides is 1. The fraction of sp³-hybridized carbons (Fsp3) is 0.125. The van der Waals surface area contributed by atoms with Gasteiger partial charge in [-0.3, -0.25) is 14.9 Å². The van der Waals surface area contributed by atoms with Crippen molar-refractivity contribution in [3.8, 4) is 5.69 Å². The van der Waals surface area contributed by atoms with Crippen molar-refractivity contribution >= 4 is 22.4 Å². The number of para-hydroxylation sites is 1. The lowest BCUT2D eigenvalue weighted by Crippen LogP contribution is -2.26. The fourth-order valence-corrected chi connectivity index (χ4v) is 2.87. The summed E-state index contributed by atoms with van der Waals surface area (Å²) in [6.07, 6.45) is -4.61. The largest absolute Gasteiger partial charge is 0.434 e. The number of nitrogens with zero attached hydrogens (tertiary/aromatic N) is 3.